The highest BCUT2D eigenvalue weighted by atomic mass is 16.5. The van der Waals surface area contributed by atoms with E-state index < -0.39 is 16.7 Å². The van der Waals surface area contributed by atoms with Crippen molar-refractivity contribution in [1.82, 2.24) is 9.88 Å². The van der Waals surface area contributed by atoms with E-state index in [-0.39, 0.29) is 12.5 Å². The van der Waals surface area contributed by atoms with Crippen molar-refractivity contribution in [3.63, 3.8) is 0 Å². The van der Waals surface area contributed by atoms with Gasteiger partial charge in [-0.25, -0.2) is 0 Å². The monoisotopic (exact) mass is 407 g/mol. The van der Waals surface area contributed by atoms with E-state index in [1.165, 1.54) is 0 Å². The van der Waals surface area contributed by atoms with Crippen molar-refractivity contribution in [1.29, 1.82) is 0 Å². The van der Waals surface area contributed by atoms with Crippen LogP contribution in [0.1, 0.15) is 42.5 Å². The molecule has 2 amide bonds. The van der Waals surface area contributed by atoms with E-state index in [0.717, 1.165) is 11.1 Å². The van der Waals surface area contributed by atoms with Crippen LogP contribution in [0.15, 0.2) is 48.7 Å². The van der Waals surface area contributed by atoms with Crippen LogP contribution in [0.2, 0.25) is 0 Å². The number of carbonyl (C=O) groups is 2. The molecule has 1 aromatic heterocycles. The SMILES string of the molecule is Cc1ccc(C2(C(=O)N3CCCC(C(N)=O)(c4ccccn4)C3)CCOCC2)cc1. The van der Waals surface area contributed by atoms with E-state index in [0.29, 0.717) is 51.1 Å². The number of aromatic nitrogens is 1. The molecule has 2 saturated heterocycles. The van der Waals surface area contributed by atoms with Crippen LogP contribution in [0.25, 0.3) is 0 Å². The number of rotatable bonds is 4. The lowest BCUT2D eigenvalue weighted by Crippen LogP contribution is -2.59. The fraction of sp³-hybridized carbons (Fsp3) is 0.458. The van der Waals surface area contributed by atoms with Crippen LogP contribution in [-0.2, 0) is 25.2 Å². The second-order valence-corrected chi connectivity index (χ2v) is 8.55. The topological polar surface area (TPSA) is 85.5 Å². The predicted octanol–water partition coefficient (Wildman–Crippen LogP) is 2.48. The Hall–Kier alpha value is -2.73. The van der Waals surface area contributed by atoms with Crippen molar-refractivity contribution in [2.24, 2.45) is 5.73 Å². The van der Waals surface area contributed by atoms with Crippen LogP contribution in [-0.4, -0.2) is 48.0 Å². The van der Waals surface area contributed by atoms with Gasteiger partial charge >= 0.3 is 0 Å². The molecular formula is C24H29N3O3. The highest BCUT2D eigenvalue weighted by Gasteiger charge is 2.50. The lowest BCUT2D eigenvalue weighted by molar-refractivity contribution is -0.145. The molecular weight excluding hydrogens is 378 g/mol. The first-order chi connectivity index (χ1) is 14.5. The fourth-order valence-corrected chi connectivity index (χ4v) is 4.93. The Morgan fingerprint density at radius 3 is 2.40 bits per heavy atom. The van der Waals surface area contributed by atoms with Gasteiger partial charge < -0.3 is 15.4 Å². The summed E-state index contributed by atoms with van der Waals surface area (Å²) >= 11 is 0. The molecule has 6 heteroatoms. The minimum Gasteiger partial charge on any atom is -0.381 e. The molecule has 2 N–H and O–H groups in total. The van der Waals surface area contributed by atoms with Gasteiger partial charge in [0.15, 0.2) is 0 Å². The Kier molecular flexibility index (Phi) is 5.60. The van der Waals surface area contributed by atoms with Gasteiger partial charge in [-0.1, -0.05) is 35.9 Å². The van der Waals surface area contributed by atoms with Gasteiger partial charge in [0.25, 0.3) is 0 Å². The largest absolute Gasteiger partial charge is 0.381 e. The van der Waals surface area contributed by atoms with Crippen molar-refractivity contribution in [3.8, 4) is 0 Å². The summed E-state index contributed by atoms with van der Waals surface area (Å²) in [6, 6.07) is 13.7. The number of nitrogens with two attached hydrogens (primary N) is 1. The van der Waals surface area contributed by atoms with E-state index >= 15 is 0 Å². The van der Waals surface area contributed by atoms with Crippen molar-refractivity contribution < 1.29 is 14.3 Å². The number of hydrogen-bond donors (Lipinski definition) is 1. The van der Waals surface area contributed by atoms with Crippen LogP contribution < -0.4 is 5.73 Å². The van der Waals surface area contributed by atoms with Crippen LogP contribution in [0.5, 0.6) is 0 Å². The maximum atomic E-state index is 14.0. The minimum absolute atomic E-state index is 0.0657. The zero-order valence-electron chi connectivity index (χ0n) is 17.5. The van der Waals surface area contributed by atoms with Crippen LogP contribution in [0, 0.1) is 6.92 Å². The van der Waals surface area contributed by atoms with Crippen LogP contribution >= 0.6 is 0 Å². The molecule has 2 fully saturated rings. The Morgan fingerprint density at radius 1 is 1.03 bits per heavy atom. The summed E-state index contributed by atoms with van der Waals surface area (Å²) in [7, 11) is 0. The molecule has 2 aliphatic heterocycles. The van der Waals surface area contributed by atoms with Crippen molar-refractivity contribution in [2.45, 2.75) is 43.4 Å². The number of amides is 2. The summed E-state index contributed by atoms with van der Waals surface area (Å²) in [5.74, 6) is -0.356. The number of likely N-dealkylation sites (tertiary alicyclic amines) is 1. The van der Waals surface area contributed by atoms with Crippen molar-refractivity contribution in [2.75, 3.05) is 26.3 Å². The van der Waals surface area contributed by atoms with Gasteiger partial charge in [-0.15, -0.1) is 0 Å². The van der Waals surface area contributed by atoms with Crippen molar-refractivity contribution >= 4 is 11.8 Å². The van der Waals surface area contributed by atoms with Gasteiger partial charge in [0.1, 0.15) is 5.41 Å². The van der Waals surface area contributed by atoms with E-state index in [1.54, 1.807) is 6.20 Å². The lowest BCUT2D eigenvalue weighted by atomic mass is 9.71. The average molecular weight is 408 g/mol. The van der Waals surface area contributed by atoms with Gasteiger partial charge in [-0.05, 0) is 50.3 Å². The number of carbonyl (C=O) groups excluding carboxylic acids is 2. The molecule has 1 atom stereocenters. The molecule has 30 heavy (non-hydrogen) atoms. The number of nitrogens with zero attached hydrogens (tertiary/aromatic N) is 2. The number of benzene rings is 1. The predicted molar refractivity (Wildman–Crippen MR) is 114 cm³/mol. The first kappa shape index (κ1) is 20.5. The Bertz CT molecular complexity index is 907. The summed E-state index contributed by atoms with van der Waals surface area (Å²) in [6.45, 7) is 4.03. The highest BCUT2D eigenvalue weighted by Crippen LogP contribution is 2.40. The number of aryl methyl sites for hydroxylation is 1. The summed E-state index contributed by atoms with van der Waals surface area (Å²) in [5.41, 5.74) is 7.15. The molecule has 0 aliphatic carbocycles. The molecule has 0 radical (unpaired) electrons. The smallest absolute Gasteiger partial charge is 0.233 e. The minimum atomic E-state index is -0.950. The molecule has 2 aromatic rings. The maximum Gasteiger partial charge on any atom is 0.233 e. The third kappa shape index (κ3) is 3.49. The molecule has 0 bridgehead atoms. The molecule has 158 valence electrons. The second-order valence-electron chi connectivity index (χ2n) is 8.55. The first-order valence-electron chi connectivity index (χ1n) is 10.6. The Morgan fingerprint density at radius 2 is 1.77 bits per heavy atom. The van der Waals surface area contributed by atoms with Crippen LogP contribution in [0.4, 0.5) is 0 Å². The van der Waals surface area contributed by atoms with E-state index in [2.05, 4.69) is 29.2 Å². The summed E-state index contributed by atoms with van der Waals surface area (Å²) in [4.78, 5) is 32.9. The van der Waals surface area contributed by atoms with Gasteiger partial charge in [0.2, 0.25) is 11.8 Å². The first-order valence-corrected chi connectivity index (χ1v) is 10.6. The van der Waals surface area contributed by atoms with Gasteiger partial charge in [-0.3, -0.25) is 14.6 Å². The summed E-state index contributed by atoms with van der Waals surface area (Å²) in [6.07, 6.45) is 4.26. The highest BCUT2D eigenvalue weighted by molar-refractivity contribution is 5.91. The summed E-state index contributed by atoms with van der Waals surface area (Å²) in [5, 5.41) is 0. The fourth-order valence-electron chi connectivity index (χ4n) is 4.93. The molecule has 0 spiro atoms. The number of ether oxygens (including phenoxy) is 1. The molecule has 2 aliphatic rings. The number of pyridine rings is 1. The molecule has 0 saturated carbocycles. The zero-order valence-corrected chi connectivity index (χ0v) is 17.5. The lowest BCUT2D eigenvalue weighted by Gasteiger charge is -2.45. The number of piperidine rings is 1. The summed E-state index contributed by atoms with van der Waals surface area (Å²) < 4.78 is 5.60. The molecule has 3 heterocycles. The average Bonchev–Trinajstić information content (AvgIpc) is 2.80. The molecule has 1 aromatic carbocycles. The molecule has 4 rings (SSSR count). The standard InChI is InChI=1S/C24H29N3O3/c1-18-6-8-19(9-7-18)23(11-15-30-16-12-23)22(29)27-14-4-10-24(17-27,21(25)28)20-5-2-3-13-26-20/h2-3,5-9,13H,4,10-12,14-17H2,1H3,(H2,25,28). The van der Waals surface area contributed by atoms with E-state index in [9.17, 15) is 9.59 Å². The van der Waals surface area contributed by atoms with Gasteiger partial charge in [0, 0.05) is 32.5 Å². The number of hydrogen-bond acceptors (Lipinski definition) is 4. The van der Waals surface area contributed by atoms with Crippen LogP contribution in [0.3, 0.4) is 0 Å². The van der Waals surface area contributed by atoms with Gasteiger partial charge in [-0.2, -0.15) is 0 Å². The Labute approximate surface area is 177 Å². The van der Waals surface area contributed by atoms with Gasteiger partial charge in [0.05, 0.1) is 11.1 Å². The maximum absolute atomic E-state index is 14.0. The second kappa shape index (κ2) is 8.19. The molecule has 6 nitrogen and oxygen atoms in total. The zero-order chi connectivity index (χ0) is 21.2. The third-order valence-electron chi connectivity index (χ3n) is 6.77. The molecule has 1 unspecified atom stereocenters. The Balaban J connectivity index is 1.70. The van der Waals surface area contributed by atoms with E-state index in [1.807, 2.05) is 30.0 Å². The van der Waals surface area contributed by atoms with E-state index in [4.69, 9.17) is 10.5 Å². The third-order valence-corrected chi connectivity index (χ3v) is 6.77. The normalized spacial score (nSPS) is 23.7. The number of primary amides is 1. The van der Waals surface area contributed by atoms with Crippen molar-refractivity contribution in [3.05, 3.63) is 65.5 Å². The quantitative estimate of drug-likeness (QED) is 0.844.